The van der Waals surface area contributed by atoms with Crippen LogP contribution in [0, 0.1) is 19.7 Å². The third-order valence-corrected chi connectivity index (χ3v) is 5.91. The zero-order valence-corrected chi connectivity index (χ0v) is 18.4. The highest BCUT2D eigenvalue weighted by molar-refractivity contribution is 5.90. The first-order chi connectivity index (χ1) is 15.0. The maximum atomic E-state index is 15.7. The number of phenols is 1. The van der Waals surface area contributed by atoms with E-state index in [2.05, 4.69) is 36.5 Å². The first-order valence-corrected chi connectivity index (χ1v) is 10.9. The Balaban J connectivity index is 1.80. The number of phenolic OH excluding ortho intramolecular Hbond substituents is 1. The second-order valence-corrected chi connectivity index (χ2v) is 8.14. The van der Waals surface area contributed by atoms with Crippen molar-refractivity contribution in [2.24, 2.45) is 0 Å². The molecule has 0 amide bonds. The summed E-state index contributed by atoms with van der Waals surface area (Å²) in [5.74, 6) is -0.216. The van der Waals surface area contributed by atoms with Crippen LogP contribution in [0.4, 0.5) is 4.39 Å². The predicted molar refractivity (Wildman–Crippen MR) is 126 cm³/mol. The van der Waals surface area contributed by atoms with E-state index in [1.807, 2.05) is 36.6 Å². The van der Waals surface area contributed by atoms with Crippen molar-refractivity contribution in [3.8, 4) is 17.0 Å². The summed E-state index contributed by atoms with van der Waals surface area (Å²) in [7, 11) is 0. The number of rotatable bonds is 7. The molecule has 0 aliphatic heterocycles. The van der Waals surface area contributed by atoms with Crippen LogP contribution in [0.2, 0.25) is 0 Å². The van der Waals surface area contributed by atoms with Crippen LogP contribution in [0.1, 0.15) is 29.2 Å². The molecule has 0 saturated heterocycles. The summed E-state index contributed by atoms with van der Waals surface area (Å²) in [6, 6.07) is 19.5. The Labute approximate surface area is 183 Å². The second-order valence-electron chi connectivity index (χ2n) is 8.14. The van der Waals surface area contributed by atoms with Crippen molar-refractivity contribution < 1.29 is 9.50 Å². The fourth-order valence-corrected chi connectivity index (χ4v) is 4.30. The van der Waals surface area contributed by atoms with E-state index in [1.54, 1.807) is 12.1 Å². The number of aryl methyl sites for hydroxylation is 2. The average Bonchev–Trinajstić information content (AvgIpc) is 3.01. The van der Waals surface area contributed by atoms with Gasteiger partial charge in [0.05, 0.1) is 11.2 Å². The van der Waals surface area contributed by atoms with Gasteiger partial charge in [-0.05, 0) is 73.8 Å². The lowest BCUT2D eigenvalue weighted by Gasteiger charge is -2.15. The van der Waals surface area contributed by atoms with E-state index in [0.29, 0.717) is 17.6 Å². The van der Waals surface area contributed by atoms with Gasteiger partial charge in [-0.1, -0.05) is 49.4 Å². The molecule has 160 valence electrons. The number of nitrogens with one attached hydrogen (secondary N) is 1. The number of nitrogens with zero attached hydrogens (tertiary/aromatic N) is 1. The molecule has 0 radical (unpaired) electrons. The Hall–Kier alpha value is -3.11. The third-order valence-electron chi connectivity index (χ3n) is 5.91. The molecular formula is C27H29FN2O. The van der Waals surface area contributed by atoms with Gasteiger partial charge < -0.3 is 15.0 Å². The van der Waals surface area contributed by atoms with Gasteiger partial charge in [0.15, 0.2) is 5.82 Å². The molecule has 0 bridgehead atoms. The molecule has 0 atom stereocenters. The zero-order valence-electron chi connectivity index (χ0n) is 18.4. The normalized spacial score (nSPS) is 11.4. The van der Waals surface area contributed by atoms with E-state index in [1.165, 1.54) is 11.6 Å². The van der Waals surface area contributed by atoms with Gasteiger partial charge in [0, 0.05) is 17.5 Å². The Morgan fingerprint density at radius 1 is 0.935 bits per heavy atom. The Bertz CT molecular complexity index is 1190. The minimum absolute atomic E-state index is 0.0710. The van der Waals surface area contributed by atoms with Crippen LogP contribution in [0.15, 0.2) is 60.7 Å². The highest BCUT2D eigenvalue weighted by atomic mass is 19.1. The summed E-state index contributed by atoms with van der Waals surface area (Å²) in [4.78, 5) is 0. The van der Waals surface area contributed by atoms with E-state index in [-0.39, 0.29) is 11.6 Å². The molecule has 1 heterocycles. The van der Waals surface area contributed by atoms with Crippen LogP contribution in [0.5, 0.6) is 5.75 Å². The van der Waals surface area contributed by atoms with Crippen molar-refractivity contribution in [3.05, 3.63) is 88.7 Å². The van der Waals surface area contributed by atoms with Crippen molar-refractivity contribution >= 4 is 10.9 Å². The van der Waals surface area contributed by atoms with E-state index in [9.17, 15) is 5.11 Å². The largest absolute Gasteiger partial charge is 0.508 e. The number of benzene rings is 3. The summed E-state index contributed by atoms with van der Waals surface area (Å²) < 4.78 is 17.8. The average molecular weight is 417 g/mol. The van der Waals surface area contributed by atoms with E-state index in [0.717, 1.165) is 47.3 Å². The summed E-state index contributed by atoms with van der Waals surface area (Å²) in [5, 5.41) is 13.8. The van der Waals surface area contributed by atoms with Crippen molar-refractivity contribution in [3.63, 3.8) is 0 Å². The SMILES string of the molecule is CCNCCc1ccc(Cn2c(-c3c(C)cccc3C)c(F)c3cc(O)ccc32)cc1. The molecule has 4 heteroatoms. The number of likely N-dealkylation sites (N-methyl/N-ethyl adjacent to an activating group) is 1. The minimum Gasteiger partial charge on any atom is -0.508 e. The van der Waals surface area contributed by atoms with Gasteiger partial charge in [0.25, 0.3) is 0 Å². The molecule has 0 aliphatic carbocycles. The van der Waals surface area contributed by atoms with Gasteiger partial charge in [-0.3, -0.25) is 0 Å². The molecule has 0 aliphatic rings. The molecule has 1 aromatic heterocycles. The Morgan fingerprint density at radius 3 is 2.29 bits per heavy atom. The van der Waals surface area contributed by atoms with Gasteiger partial charge >= 0.3 is 0 Å². The molecule has 0 fully saturated rings. The molecule has 0 saturated carbocycles. The monoisotopic (exact) mass is 416 g/mol. The second kappa shape index (κ2) is 8.94. The lowest BCUT2D eigenvalue weighted by atomic mass is 9.99. The molecule has 3 nitrogen and oxygen atoms in total. The van der Waals surface area contributed by atoms with E-state index >= 15 is 4.39 Å². The van der Waals surface area contributed by atoms with Crippen molar-refractivity contribution in [1.82, 2.24) is 9.88 Å². The van der Waals surface area contributed by atoms with Gasteiger partial charge in [0.2, 0.25) is 0 Å². The Morgan fingerprint density at radius 2 is 1.61 bits per heavy atom. The highest BCUT2D eigenvalue weighted by Gasteiger charge is 2.22. The molecule has 4 rings (SSSR count). The van der Waals surface area contributed by atoms with Gasteiger partial charge in [-0.25, -0.2) is 4.39 Å². The van der Waals surface area contributed by atoms with Gasteiger partial charge in [-0.15, -0.1) is 0 Å². The van der Waals surface area contributed by atoms with Crippen LogP contribution >= 0.6 is 0 Å². The van der Waals surface area contributed by atoms with E-state index < -0.39 is 0 Å². The van der Waals surface area contributed by atoms with E-state index in [4.69, 9.17) is 0 Å². The number of fused-ring (bicyclic) bond motifs is 1. The minimum atomic E-state index is -0.287. The number of aromatic hydroxyl groups is 1. The number of hydrogen-bond donors (Lipinski definition) is 2. The molecule has 2 N–H and O–H groups in total. The van der Waals surface area contributed by atoms with Crippen LogP contribution < -0.4 is 5.32 Å². The first kappa shape index (κ1) is 21.1. The summed E-state index contributed by atoms with van der Waals surface area (Å²) >= 11 is 0. The lowest BCUT2D eigenvalue weighted by molar-refractivity contribution is 0.476. The van der Waals surface area contributed by atoms with Crippen LogP contribution in [0.25, 0.3) is 22.2 Å². The number of halogens is 1. The summed E-state index contributed by atoms with van der Waals surface area (Å²) in [6.07, 6.45) is 0.988. The highest BCUT2D eigenvalue weighted by Crippen LogP contribution is 2.37. The smallest absolute Gasteiger partial charge is 0.156 e. The molecule has 3 aromatic carbocycles. The third kappa shape index (κ3) is 4.21. The molecule has 31 heavy (non-hydrogen) atoms. The molecule has 0 unspecified atom stereocenters. The van der Waals surface area contributed by atoms with Crippen LogP contribution in [-0.4, -0.2) is 22.8 Å². The molecule has 0 spiro atoms. The fraction of sp³-hybridized carbons (Fsp3) is 0.259. The van der Waals surface area contributed by atoms with Crippen molar-refractivity contribution in [2.45, 2.75) is 33.7 Å². The maximum absolute atomic E-state index is 15.7. The van der Waals surface area contributed by atoms with Crippen molar-refractivity contribution in [1.29, 1.82) is 0 Å². The maximum Gasteiger partial charge on any atom is 0.156 e. The summed E-state index contributed by atoms with van der Waals surface area (Å²) in [5.41, 5.74) is 6.74. The van der Waals surface area contributed by atoms with Crippen LogP contribution in [0.3, 0.4) is 0 Å². The predicted octanol–water partition coefficient (Wildman–Crippen LogP) is 5.97. The topological polar surface area (TPSA) is 37.2 Å². The standard InChI is InChI=1S/C27H29FN2O/c1-4-29-15-14-20-8-10-21(11-9-20)17-30-24-13-12-22(31)16-23(24)26(28)27(30)25-18(2)6-5-7-19(25)3/h5-13,16,29,31H,4,14-15,17H2,1-3H3. The van der Waals surface area contributed by atoms with Crippen molar-refractivity contribution in [2.75, 3.05) is 13.1 Å². The molecular weight excluding hydrogens is 387 g/mol. The van der Waals surface area contributed by atoms with Gasteiger partial charge in [-0.2, -0.15) is 0 Å². The number of aromatic nitrogens is 1. The molecule has 4 aromatic rings. The Kier molecular flexibility index (Phi) is 6.10. The van der Waals surface area contributed by atoms with Gasteiger partial charge in [0.1, 0.15) is 5.75 Å². The van der Waals surface area contributed by atoms with Crippen LogP contribution in [-0.2, 0) is 13.0 Å². The first-order valence-electron chi connectivity index (χ1n) is 10.9. The quantitative estimate of drug-likeness (QED) is 0.364. The zero-order chi connectivity index (χ0) is 22.0. The lowest BCUT2D eigenvalue weighted by Crippen LogP contribution is -2.16. The number of hydrogen-bond acceptors (Lipinski definition) is 2. The summed E-state index contributed by atoms with van der Waals surface area (Å²) in [6.45, 7) is 8.63. The fourth-order valence-electron chi connectivity index (χ4n) is 4.30.